The fourth-order valence-corrected chi connectivity index (χ4v) is 7.93. The first-order valence-corrected chi connectivity index (χ1v) is 17.6. The van der Waals surface area contributed by atoms with E-state index in [-0.39, 0.29) is 26.3 Å². The number of hydrogen-bond donors (Lipinski definition) is 0. The molecule has 1 unspecified atom stereocenters. The molecule has 4 aromatic carbocycles. The molecular formula is C44H33IrN9-6. The van der Waals surface area contributed by atoms with E-state index in [4.69, 9.17) is 6.57 Å². The Kier molecular flexibility index (Phi) is 9.45. The van der Waals surface area contributed by atoms with Gasteiger partial charge in [0.25, 0.3) is 0 Å². The van der Waals surface area contributed by atoms with Gasteiger partial charge in [-0.15, -0.1) is 40.4 Å². The fourth-order valence-electron chi connectivity index (χ4n) is 7.93. The van der Waals surface area contributed by atoms with Gasteiger partial charge in [0.15, 0.2) is 0 Å². The van der Waals surface area contributed by atoms with Crippen molar-refractivity contribution in [1.29, 1.82) is 10.5 Å². The van der Waals surface area contributed by atoms with E-state index in [0.29, 0.717) is 43.3 Å². The van der Waals surface area contributed by atoms with Gasteiger partial charge in [-0.1, -0.05) is 43.5 Å². The van der Waals surface area contributed by atoms with Gasteiger partial charge in [-0.25, -0.2) is 0 Å². The number of anilines is 3. The Bertz CT molecular complexity index is 2260. The second-order valence-electron chi connectivity index (χ2n) is 13.5. The van der Waals surface area contributed by atoms with Crippen molar-refractivity contribution in [3.63, 3.8) is 0 Å². The summed E-state index contributed by atoms with van der Waals surface area (Å²) in [6, 6.07) is 42.2. The van der Waals surface area contributed by atoms with Gasteiger partial charge in [0.05, 0.1) is 6.17 Å². The van der Waals surface area contributed by atoms with Crippen LogP contribution in [0.1, 0.15) is 28.7 Å². The second kappa shape index (κ2) is 14.6. The first kappa shape index (κ1) is 34.8. The van der Waals surface area contributed by atoms with Crippen molar-refractivity contribution in [2.75, 3.05) is 34.3 Å². The van der Waals surface area contributed by atoms with Crippen LogP contribution in [0, 0.1) is 66.5 Å². The summed E-state index contributed by atoms with van der Waals surface area (Å²) in [5, 5.41) is 20.3. The van der Waals surface area contributed by atoms with Crippen molar-refractivity contribution in [2.45, 2.75) is 25.4 Å². The smallest absolute Gasteiger partial charge is 0.210 e. The SMILES string of the molecule is [C-]#[N+]C1=CN(c2[c-]cccc2)[CH-]N1C[C-]1C[C-]2c3cc(CCN4[CH-]N(c5[c-]cccc5)C=C4C#N)cc(c3)CCN3C(C#N)=CN(c4ccccc41)C23.[Ir]. The zero-order valence-electron chi connectivity index (χ0n) is 29.2. The van der Waals surface area contributed by atoms with Crippen LogP contribution in [0.15, 0.2) is 127 Å². The van der Waals surface area contributed by atoms with E-state index in [1.807, 2.05) is 100 Å². The molecule has 0 aromatic heterocycles. The Hall–Kier alpha value is -6.24. The molecule has 0 aliphatic carbocycles. The number of nitrogens with zero attached hydrogens (tertiary/aromatic N) is 9. The van der Waals surface area contributed by atoms with Crippen molar-refractivity contribution in [3.05, 3.63) is 198 Å². The molecule has 54 heavy (non-hydrogen) atoms. The molecule has 10 heteroatoms. The molecule has 0 N–H and O–H groups in total. The van der Waals surface area contributed by atoms with E-state index in [9.17, 15) is 10.5 Å². The zero-order valence-corrected chi connectivity index (χ0v) is 31.6. The van der Waals surface area contributed by atoms with E-state index in [2.05, 4.69) is 81.4 Å². The molecule has 5 heterocycles. The molecule has 0 spiro atoms. The van der Waals surface area contributed by atoms with E-state index >= 15 is 0 Å². The summed E-state index contributed by atoms with van der Waals surface area (Å²) < 4.78 is 0. The van der Waals surface area contributed by atoms with Gasteiger partial charge in [0.1, 0.15) is 23.5 Å². The summed E-state index contributed by atoms with van der Waals surface area (Å²) in [6.45, 7) is 13.9. The number of rotatable bonds is 7. The summed E-state index contributed by atoms with van der Waals surface area (Å²) in [7, 11) is 0. The molecule has 269 valence electrons. The maximum atomic E-state index is 10.3. The Labute approximate surface area is 330 Å². The summed E-state index contributed by atoms with van der Waals surface area (Å²) >= 11 is 0. The van der Waals surface area contributed by atoms with E-state index in [1.165, 1.54) is 23.0 Å². The molecule has 0 amide bonds. The predicted molar refractivity (Wildman–Crippen MR) is 202 cm³/mol. The van der Waals surface area contributed by atoms with Crippen LogP contribution in [0.3, 0.4) is 0 Å². The van der Waals surface area contributed by atoms with E-state index in [1.54, 1.807) is 0 Å². The van der Waals surface area contributed by atoms with Crippen LogP contribution in [-0.2, 0) is 32.9 Å². The minimum Gasteiger partial charge on any atom is -0.499 e. The number of nitriles is 2. The Morgan fingerprint density at radius 2 is 1.57 bits per heavy atom. The minimum absolute atomic E-state index is 0. The summed E-state index contributed by atoms with van der Waals surface area (Å²) in [4.78, 5) is 16.4. The van der Waals surface area contributed by atoms with Gasteiger partial charge in [-0.05, 0) is 25.6 Å². The summed E-state index contributed by atoms with van der Waals surface area (Å²) in [5.41, 5.74) is 8.78. The predicted octanol–water partition coefficient (Wildman–Crippen LogP) is 7.11. The van der Waals surface area contributed by atoms with Crippen LogP contribution in [0.25, 0.3) is 4.85 Å². The minimum atomic E-state index is -0.156. The third-order valence-corrected chi connectivity index (χ3v) is 10.4. The molecular weight excluding hydrogens is 847 g/mol. The van der Waals surface area contributed by atoms with Gasteiger partial charge < -0.3 is 34.2 Å². The van der Waals surface area contributed by atoms with Crippen LogP contribution >= 0.6 is 0 Å². The normalized spacial score (nSPS) is 18.2. The van der Waals surface area contributed by atoms with Crippen molar-refractivity contribution in [1.82, 2.24) is 14.7 Å². The standard InChI is InChI=1S/C44H33N9.Ir/c1-47-43-29-50(37-12-6-3-7-13-37)31-51(43)26-35-23-41-34-21-32(16-18-48-30-49(27-38(48)24-45)36-10-4-2-5-11-36)20-33(22-34)17-19-52-39(25-46)28-53(44(41)52)42-15-9-8-14-40(35)42;/h2-10,12,14-15,20-22,27-31,44H,16-19,23,26H2;/q-6;. The molecule has 0 saturated heterocycles. The summed E-state index contributed by atoms with van der Waals surface area (Å²) in [5.74, 6) is 2.96. The van der Waals surface area contributed by atoms with Crippen molar-refractivity contribution >= 4 is 17.1 Å². The van der Waals surface area contributed by atoms with Gasteiger partial charge in [-0.3, -0.25) is 0 Å². The first-order chi connectivity index (χ1) is 26.1. The molecule has 5 aliphatic heterocycles. The zero-order chi connectivity index (χ0) is 35.9. The monoisotopic (exact) mass is 880 g/mol. The van der Waals surface area contributed by atoms with Gasteiger partial charge >= 0.3 is 0 Å². The molecule has 9 rings (SSSR count). The maximum Gasteiger partial charge on any atom is 0.210 e. The summed E-state index contributed by atoms with van der Waals surface area (Å²) in [6.07, 6.45) is 7.80. The largest absolute Gasteiger partial charge is 0.499 e. The molecule has 4 aromatic rings. The van der Waals surface area contributed by atoms with Gasteiger partial charge in [0.2, 0.25) is 5.82 Å². The van der Waals surface area contributed by atoms with Crippen molar-refractivity contribution in [3.8, 4) is 12.1 Å². The van der Waals surface area contributed by atoms with Crippen LogP contribution in [0.2, 0.25) is 0 Å². The third-order valence-electron chi connectivity index (χ3n) is 10.4. The Morgan fingerprint density at radius 3 is 2.30 bits per heavy atom. The van der Waals surface area contributed by atoms with Crippen LogP contribution in [-0.4, -0.2) is 40.5 Å². The number of fused-ring (bicyclic) bond motifs is 5. The quantitative estimate of drug-likeness (QED) is 0.182. The average molecular weight is 880 g/mol. The average Bonchev–Trinajstić information content (AvgIpc) is 3.91. The molecule has 0 saturated carbocycles. The van der Waals surface area contributed by atoms with Crippen molar-refractivity contribution in [2.24, 2.45) is 0 Å². The van der Waals surface area contributed by atoms with E-state index < -0.39 is 0 Å². The number of hydrogen-bond acceptors (Lipinski definition) is 8. The van der Waals surface area contributed by atoms with Crippen LogP contribution in [0.4, 0.5) is 17.1 Å². The number of benzene rings is 4. The fraction of sp³-hybridized carbons (Fsp3) is 0.159. The van der Waals surface area contributed by atoms with Crippen LogP contribution in [0.5, 0.6) is 0 Å². The number of para-hydroxylation sites is 3. The topological polar surface area (TPSA) is 71.4 Å². The molecule has 1 radical (unpaired) electrons. The first-order valence-electron chi connectivity index (χ1n) is 17.6. The Balaban J connectivity index is 0.00000413. The number of allylic oxidation sites excluding steroid dienone is 2. The molecule has 2 bridgehead atoms. The molecule has 5 aliphatic rings. The van der Waals surface area contributed by atoms with Crippen LogP contribution < -0.4 is 14.7 Å². The van der Waals surface area contributed by atoms with E-state index in [0.717, 1.165) is 41.0 Å². The maximum absolute atomic E-state index is 10.3. The van der Waals surface area contributed by atoms with Crippen molar-refractivity contribution < 1.29 is 20.1 Å². The Morgan fingerprint density at radius 1 is 0.852 bits per heavy atom. The third kappa shape index (κ3) is 6.29. The molecule has 9 nitrogen and oxygen atoms in total. The molecule has 1 atom stereocenters. The van der Waals surface area contributed by atoms with Gasteiger partial charge in [0, 0.05) is 45.6 Å². The second-order valence-corrected chi connectivity index (χ2v) is 13.5. The molecule has 0 fully saturated rings. The van der Waals surface area contributed by atoms with Gasteiger partial charge in [-0.2, -0.15) is 107 Å².